The second-order valence-corrected chi connectivity index (χ2v) is 6.98. The van der Waals surface area contributed by atoms with Gasteiger partial charge in [-0.05, 0) is 59.0 Å². The summed E-state index contributed by atoms with van der Waals surface area (Å²) < 4.78 is 6.53. The van der Waals surface area contributed by atoms with E-state index in [0.717, 1.165) is 15.0 Å². The van der Waals surface area contributed by atoms with E-state index in [-0.39, 0.29) is 18.4 Å². The number of para-hydroxylation sites is 2. The van der Waals surface area contributed by atoms with Crippen molar-refractivity contribution in [1.29, 1.82) is 0 Å². The third kappa shape index (κ3) is 5.53. The molecular weight excluding hydrogens is 469 g/mol. The monoisotopic (exact) mass is 487 g/mol. The van der Waals surface area contributed by atoms with Crippen molar-refractivity contribution in [3.05, 3.63) is 87.8 Å². The molecule has 0 aliphatic carbocycles. The van der Waals surface area contributed by atoms with Gasteiger partial charge in [-0.15, -0.1) is 0 Å². The van der Waals surface area contributed by atoms with Gasteiger partial charge in [0.05, 0.1) is 23.5 Å². The second kappa shape index (κ2) is 9.84. The lowest BCUT2D eigenvalue weighted by molar-refractivity contribution is -0.118. The van der Waals surface area contributed by atoms with Crippen LogP contribution in [0.4, 0.5) is 5.69 Å². The maximum atomic E-state index is 12.5. The van der Waals surface area contributed by atoms with Crippen molar-refractivity contribution in [3.8, 4) is 5.75 Å². The van der Waals surface area contributed by atoms with Crippen molar-refractivity contribution in [1.82, 2.24) is 10.3 Å². The molecule has 0 spiro atoms. The standard InChI is InChI=1S/C21H18IN3O3/c22-17-9-2-3-10-18(17)25-20(26)14-28-19-11-4-1-8-16(19)21(27)24-13-15-7-5-6-12-23-15/h1-12H,13-14H2,(H,24,27)(H,25,26). The topological polar surface area (TPSA) is 80.3 Å². The average molecular weight is 487 g/mol. The first-order valence-corrected chi connectivity index (χ1v) is 9.65. The Hall–Kier alpha value is -2.94. The van der Waals surface area contributed by atoms with Gasteiger partial charge in [-0.2, -0.15) is 0 Å². The number of halogens is 1. The quantitative estimate of drug-likeness (QED) is 0.499. The summed E-state index contributed by atoms with van der Waals surface area (Å²) in [6, 6.07) is 19.8. The van der Waals surface area contributed by atoms with E-state index in [1.54, 1.807) is 30.5 Å². The Kier molecular flexibility index (Phi) is 6.96. The molecule has 0 radical (unpaired) electrons. The number of carbonyl (C=O) groups excluding carboxylic acids is 2. The van der Waals surface area contributed by atoms with E-state index in [9.17, 15) is 9.59 Å². The lowest BCUT2D eigenvalue weighted by atomic mass is 10.2. The molecular formula is C21H18IN3O3. The first-order valence-electron chi connectivity index (χ1n) is 8.58. The van der Waals surface area contributed by atoms with Crippen molar-refractivity contribution in [3.63, 3.8) is 0 Å². The number of nitrogens with one attached hydrogen (secondary N) is 2. The van der Waals surface area contributed by atoms with Crippen LogP contribution in [-0.4, -0.2) is 23.4 Å². The highest BCUT2D eigenvalue weighted by molar-refractivity contribution is 14.1. The van der Waals surface area contributed by atoms with Gasteiger partial charge in [0.2, 0.25) is 0 Å². The van der Waals surface area contributed by atoms with Crippen molar-refractivity contribution in [2.75, 3.05) is 11.9 Å². The molecule has 0 bridgehead atoms. The Labute approximate surface area is 176 Å². The summed E-state index contributed by atoms with van der Waals surface area (Å²) in [5.74, 6) is -0.244. The van der Waals surface area contributed by atoms with Gasteiger partial charge >= 0.3 is 0 Å². The summed E-state index contributed by atoms with van der Waals surface area (Å²) in [6.07, 6.45) is 1.67. The maximum absolute atomic E-state index is 12.5. The third-order valence-corrected chi connectivity index (χ3v) is 4.74. The van der Waals surface area contributed by atoms with Crippen LogP contribution in [0.2, 0.25) is 0 Å². The molecule has 1 heterocycles. The zero-order valence-corrected chi connectivity index (χ0v) is 17.0. The van der Waals surface area contributed by atoms with E-state index in [4.69, 9.17) is 4.74 Å². The van der Waals surface area contributed by atoms with Gasteiger partial charge in [-0.25, -0.2) is 0 Å². The first kappa shape index (κ1) is 19.8. The lowest BCUT2D eigenvalue weighted by Gasteiger charge is -2.12. The van der Waals surface area contributed by atoms with Crippen molar-refractivity contribution < 1.29 is 14.3 Å². The van der Waals surface area contributed by atoms with Crippen LogP contribution in [0.5, 0.6) is 5.75 Å². The summed E-state index contributed by atoms with van der Waals surface area (Å²) in [7, 11) is 0. The summed E-state index contributed by atoms with van der Waals surface area (Å²) in [5.41, 5.74) is 1.84. The Morgan fingerprint density at radius 1 is 0.964 bits per heavy atom. The number of hydrogen-bond donors (Lipinski definition) is 2. The Bertz CT molecular complexity index is 964. The number of benzene rings is 2. The lowest BCUT2D eigenvalue weighted by Crippen LogP contribution is -2.25. The van der Waals surface area contributed by atoms with Crippen LogP contribution in [-0.2, 0) is 11.3 Å². The highest BCUT2D eigenvalue weighted by Crippen LogP contribution is 2.19. The second-order valence-electron chi connectivity index (χ2n) is 5.82. The van der Waals surface area contributed by atoms with Crippen LogP contribution in [0.1, 0.15) is 16.1 Å². The predicted molar refractivity (Wildman–Crippen MR) is 115 cm³/mol. The maximum Gasteiger partial charge on any atom is 0.262 e. The zero-order chi connectivity index (χ0) is 19.8. The molecule has 0 unspecified atom stereocenters. The highest BCUT2D eigenvalue weighted by Gasteiger charge is 2.14. The fourth-order valence-electron chi connectivity index (χ4n) is 2.44. The predicted octanol–water partition coefficient (Wildman–Crippen LogP) is 3.63. The van der Waals surface area contributed by atoms with Crippen LogP contribution >= 0.6 is 22.6 Å². The molecule has 2 amide bonds. The van der Waals surface area contributed by atoms with Gasteiger partial charge in [-0.1, -0.05) is 30.3 Å². The Morgan fingerprint density at radius 2 is 1.71 bits per heavy atom. The number of ether oxygens (including phenoxy) is 1. The van der Waals surface area contributed by atoms with Crippen LogP contribution < -0.4 is 15.4 Å². The minimum Gasteiger partial charge on any atom is -0.483 e. The van der Waals surface area contributed by atoms with Gasteiger partial charge in [0, 0.05) is 9.77 Å². The number of hydrogen-bond acceptors (Lipinski definition) is 4. The molecule has 28 heavy (non-hydrogen) atoms. The molecule has 0 fully saturated rings. The SMILES string of the molecule is O=C(COc1ccccc1C(=O)NCc1ccccn1)Nc1ccccc1I. The minimum absolute atomic E-state index is 0.199. The summed E-state index contributed by atoms with van der Waals surface area (Å²) in [4.78, 5) is 28.9. The summed E-state index contributed by atoms with van der Waals surface area (Å²) in [5, 5.41) is 5.60. The zero-order valence-electron chi connectivity index (χ0n) is 14.9. The molecule has 6 nitrogen and oxygen atoms in total. The van der Waals surface area contributed by atoms with Crippen LogP contribution in [0.3, 0.4) is 0 Å². The molecule has 2 N–H and O–H groups in total. The van der Waals surface area contributed by atoms with Gasteiger partial charge in [0.15, 0.2) is 6.61 Å². The summed E-state index contributed by atoms with van der Waals surface area (Å²) >= 11 is 2.15. The van der Waals surface area contributed by atoms with Crippen molar-refractivity contribution in [2.24, 2.45) is 0 Å². The molecule has 1 aromatic heterocycles. The summed E-state index contributed by atoms with van der Waals surface area (Å²) in [6.45, 7) is 0.108. The molecule has 0 aliphatic heterocycles. The van der Waals surface area contributed by atoms with E-state index >= 15 is 0 Å². The minimum atomic E-state index is -0.298. The van der Waals surface area contributed by atoms with E-state index in [1.807, 2.05) is 42.5 Å². The van der Waals surface area contributed by atoms with E-state index in [2.05, 4.69) is 38.2 Å². The Morgan fingerprint density at radius 3 is 2.50 bits per heavy atom. The van der Waals surface area contributed by atoms with Crippen molar-refractivity contribution >= 4 is 40.1 Å². The number of amides is 2. The van der Waals surface area contributed by atoms with Crippen molar-refractivity contribution in [2.45, 2.75) is 6.54 Å². The number of nitrogens with zero attached hydrogens (tertiary/aromatic N) is 1. The molecule has 7 heteroatoms. The number of pyridine rings is 1. The highest BCUT2D eigenvalue weighted by atomic mass is 127. The molecule has 3 rings (SSSR count). The molecule has 0 saturated heterocycles. The van der Waals surface area contributed by atoms with E-state index in [0.29, 0.717) is 17.9 Å². The molecule has 2 aromatic carbocycles. The Balaban J connectivity index is 1.59. The number of aromatic nitrogens is 1. The number of carbonyl (C=O) groups is 2. The normalized spacial score (nSPS) is 10.2. The molecule has 0 saturated carbocycles. The smallest absolute Gasteiger partial charge is 0.262 e. The van der Waals surface area contributed by atoms with Crippen LogP contribution in [0, 0.1) is 3.57 Å². The number of rotatable bonds is 7. The van der Waals surface area contributed by atoms with Gasteiger partial charge in [-0.3, -0.25) is 14.6 Å². The third-order valence-electron chi connectivity index (χ3n) is 3.79. The molecule has 0 aliphatic rings. The fourth-order valence-corrected chi connectivity index (χ4v) is 2.96. The fraction of sp³-hybridized carbons (Fsp3) is 0.0952. The van der Waals surface area contributed by atoms with E-state index in [1.165, 1.54) is 0 Å². The van der Waals surface area contributed by atoms with Crippen LogP contribution in [0.25, 0.3) is 0 Å². The van der Waals surface area contributed by atoms with Gasteiger partial charge in [0.1, 0.15) is 5.75 Å². The average Bonchev–Trinajstić information content (AvgIpc) is 2.73. The molecule has 0 atom stereocenters. The van der Waals surface area contributed by atoms with Gasteiger partial charge in [0.25, 0.3) is 11.8 Å². The largest absolute Gasteiger partial charge is 0.483 e. The van der Waals surface area contributed by atoms with Gasteiger partial charge < -0.3 is 15.4 Å². The molecule has 142 valence electrons. The first-order chi connectivity index (χ1) is 13.6. The number of anilines is 1. The van der Waals surface area contributed by atoms with E-state index < -0.39 is 0 Å². The van der Waals surface area contributed by atoms with Crippen LogP contribution in [0.15, 0.2) is 72.9 Å². The molecule has 3 aromatic rings.